The summed E-state index contributed by atoms with van der Waals surface area (Å²) >= 11 is 0. The van der Waals surface area contributed by atoms with Crippen molar-refractivity contribution in [3.8, 4) is 0 Å². The standard InChI is InChI=1S/C32H48O3/c1-21(2)10-9-11-22(3)23-16-17-31(7)26-14-12-24-25(13-15-27(34)29(24,4)5)32(26,28(20-33)35-8)19-18-30(23,31)6/h9-12,14,20,22-23,26-28,34H,13,15-19H2,1-8H3/b11-9+/t22-,23-,26?,27+,28?,30-,31+,32-/m1/s1. The molecule has 0 aliphatic heterocycles. The van der Waals surface area contributed by atoms with Crippen LogP contribution in [-0.4, -0.2) is 30.7 Å². The van der Waals surface area contributed by atoms with Gasteiger partial charge in [0.2, 0.25) is 0 Å². The summed E-state index contributed by atoms with van der Waals surface area (Å²) in [7, 11) is 1.70. The molecule has 0 amide bonds. The third-order valence-corrected chi connectivity index (χ3v) is 11.3. The minimum atomic E-state index is -0.455. The second kappa shape index (κ2) is 9.14. The molecule has 4 rings (SSSR count). The first-order valence-electron chi connectivity index (χ1n) is 13.8. The summed E-state index contributed by atoms with van der Waals surface area (Å²) < 4.78 is 6.00. The monoisotopic (exact) mass is 480 g/mol. The van der Waals surface area contributed by atoms with E-state index in [-0.39, 0.29) is 33.7 Å². The highest BCUT2D eigenvalue weighted by atomic mass is 16.5. The molecule has 1 N–H and O–H groups in total. The van der Waals surface area contributed by atoms with Crippen LogP contribution in [0.2, 0.25) is 0 Å². The second-order valence-electron chi connectivity index (χ2n) is 13.3. The molecule has 0 aromatic heterocycles. The van der Waals surface area contributed by atoms with Crippen molar-refractivity contribution >= 4 is 6.29 Å². The maximum Gasteiger partial charge on any atom is 0.149 e. The topological polar surface area (TPSA) is 46.5 Å². The third kappa shape index (κ3) is 3.71. The maximum atomic E-state index is 12.6. The van der Waals surface area contributed by atoms with Crippen molar-refractivity contribution in [1.82, 2.24) is 0 Å². The van der Waals surface area contributed by atoms with Crippen molar-refractivity contribution in [3.05, 3.63) is 47.1 Å². The number of hydrogen-bond acceptors (Lipinski definition) is 3. The van der Waals surface area contributed by atoms with Gasteiger partial charge in [0.05, 0.1) is 6.10 Å². The Hall–Kier alpha value is -1.45. The number of ether oxygens (including phenoxy) is 1. The van der Waals surface area contributed by atoms with E-state index >= 15 is 0 Å². The van der Waals surface area contributed by atoms with Gasteiger partial charge in [0, 0.05) is 17.9 Å². The van der Waals surface area contributed by atoms with Gasteiger partial charge in [-0.25, -0.2) is 0 Å². The lowest BCUT2D eigenvalue weighted by Crippen LogP contribution is -2.61. The van der Waals surface area contributed by atoms with E-state index < -0.39 is 6.10 Å². The molecule has 0 radical (unpaired) electrons. The van der Waals surface area contributed by atoms with Gasteiger partial charge in [-0.3, -0.25) is 0 Å². The van der Waals surface area contributed by atoms with Gasteiger partial charge in [-0.05, 0) is 86.5 Å². The normalized spacial score (nSPS) is 41.7. The first-order chi connectivity index (χ1) is 16.4. The van der Waals surface area contributed by atoms with Gasteiger partial charge in [-0.2, -0.15) is 0 Å². The second-order valence-corrected chi connectivity index (χ2v) is 13.3. The zero-order valence-corrected chi connectivity index (χ0v) is 23.4. The van der Waals surface area contributed by atoms with Crippen molar-refractivity contribution in [2.45, 2.75) is 99.2 Å². The molecule has 3 nitrogen and oxygen atoms in total. The molecular weight excluding hydrogens is 432 g/mol. The molecule has 3 heteroatoms. The minimum Gasteiger partial charge on any atom is -0.392 e. The number of carbonyl (C=O) groups is 1. The molecule has 35 heavy (non-hydrogen) atoms. The average molecular weight is 481 g/mol. The Balaban J connectivity index is 1.80. The molecule has 0 aromatic rings. The molecule has 0 spiro atoms. The van der Waals surface area contributed by atoms with Crippen LogP contribution in [0.1, 0.15) is 87.0 Å². The number of rotatable bonds is 6. The van der Waals surface area contributed by atoms with Gasteiger partial charge in [0.1, 0.15) is 12.4 Å². The SMILES string of the molecule is COC(C=O)[C@@]12CC[C@]3(C)[C@@H]([C@H](C)/C=C/C=C(C)C)CC[C@@]3(C)C1C=CC1=C2CC[C@H](O)C1(C)C. The fraction of sp³-hybridized carbons (Fsp3) is 0.719. The van der Waals surface area contributed by atoms with Crippen LogP contribution in [0, 0.1) is 39.4 Å². The van der Waals surface area contributed by atoms with Crippen LogP contribution >= 0.6 is 0 Å². The van der Waals surface area contributed by atoms with Gasteiger partial charge in [0.25, 0.3) is 0 Å². The highest BCUT2D eigenvalue weighted by Crippen LogP contribution is 2.74. The van der Waals surface area contributed by atoms with Gasteiger partial charge in [0.15, 0.2) is 0 Å². The Morgan fingerprint density at radius 1 is 1.11 bits per heavy atom. The first kappa shape index (κ1) is 26.6. The summed E-state index contributed by atoms with van der Waals surface area (Å²) in [4.78, 5) is 12.6. The summed E-state index contributed by atoms with van der Waals surface area (Å²) in [5.41, 5.74) is 3.62. The van der Waals surface area contributed by atoms with E-state index in [1.54, 1.807) is 7.11 Å². The average Bonchev–Trinajstić information content (AvgIpc) is 3.08. The third-order valence-electron chi connectivity index (χ3n) is 11.3. The van der Waals surface area contributed by atoms with Gasteiger partial charge in [-0.15, -0.1) is 0 Å². The first-order valence-corrected chi connectivity index (χ1v) is 13.8. The molecule has 2 fully saturated rings. The summed E-state index contributed by atoms with van der Waals surface area (Å²) in [6.07, 6.45) is 17.9. The molecule has 0 aromatic carbocycles. The lowest BCUT2D eigenvalue weighted by molar-refractivity contribution is -0.150. The van der Waals surface area contributed by atoms with Crippen LogP contribution in [0.15, 0.2) is 47.1 Å². The van der Waals surface area contributed by atoms with Crippen molar-refractivity contribution in [3.63, 3.8) is 0 Å². The molecule has 0 heterocycles. The lowest BCUT2D eigenvalue weighted by atomic mass is 9.40. The van der Waals surface area contributed by atoms with E-state index in [1.807, 2.05) is 0 Å². The van der Waals surface area contributed by atoms with E-state index in [0.29, 0.717) is 11.8 Å². The van der Waals surface area contributed by atoms with Crippen LogP contribution in [0.3, 0.4) is 0 Å². The molecule has 2 saturated carbocycles. The number of allylic oxidation sites excluding steroid dienone is 6. The number of aliphatic hydroxyl groups excluding tert-OH is 1. The van der Waals surface area contributed by atoms with Crippen molar-refractivity contribution in [1.29, 1.82) is 0 Å². The lowest BCUT2D eigenvalue weighted by Gasteiger charge is -2.64. The molecule has 194 valence electrons. The van der Waals surface area contributed by atoms with Gasteiger partial charge >= 0.3 is 0 Å². The fourth-order valence-corrected chi connectivity index (χ4v) is 8.99. The number of hydrogen-bond donors (Lipinski definition) is 1. The Bertz CT molecular complexity index is 963. The molecule has 0 bridgehead atoms. The van der Waals surface area contributed by atoms with Gasteiger partial charge < -0.3 is 14.6 Å². The minimum absolute atomic E-state index is 0.0869. The Morgan fingerprint density at radius 2 is 1.83 bits per heavy atom. The van der Waals surface area contributed by atoms with E-state index in [9.17, 15) is 9.90 Å². The summed E-state index contributed by atoms with van der Waals surface area (Å²) in [5, 5.41) is 10.9. The van der Waals surface area contributed by atoms with Crippen molar-refractivity contribution in [2.75, 3.05) is 7.11 Å². The largest absolute Gasteiger partial charge is 0.392 e. The molecule has 4 aliphatic carbocycles. The number of carbonyl (C=O) groups excluding carboxylic acids is 1. The smallest absolute Gasteiger partial charge is 0.149 e. The zero-order valence-electron chi connectivity index (χ0n) is 23.4. The predicted octanol–water partition coefficient (Wildman–Crippen LogP) is 7.23. The molecule has 8 atom stereocenters. The number of aliphatic hydroxyl groups is 1. The quantitative estimate of drug-likeness (QED) is 0.322. The number of aldehydes is 1. The molecule has 0 saturated heterocycles. The van der Waals surface area contributed by atoms with Crippen LogP contribution in [0.4, 0.5) is 0 Å². The van der Waals surface area contributed by atoms with E-state index in [0.717, 1.165) is 32.0 Å². The maximum absolute atomic E-state index is 12.6. The van der Waals surface area contributed by atoms with Crippen LogP contribution in [0.25, 0.3) is 0 Å². The summed E-state index contributed by atoms with van der Waals surface area (Å²) in [5.74, 6) is 1.39. The molecular formula is C32H48O3. The highest BCUT2D eigenvalue weighted by molar-refractivity contribution is 5.62. The Morgan fingerprint density at radius 3 is 2.46 bits per heavy atom. The Kier molecular flexibility index (Phi) is 6.95. The van der Waals surface area contributed by atoms with Gasteiger partial charge in [-0.1, -0.05) is 76.1 Å². The number of methoxy groups -OCH3 is 1. The van der Waals surface area contributed by atoms with Crippen molar-refractivity contribution < 1.29 is 14.6 Å². The summed E-state index contributed by atoms with van der Waals surface area (Å²) in [6.45, 7) is 16.1. The van der Waals surface area contributed by atoms with Crippen molar-refractivity contribution in [2.24, 2.45) is 39.4 Å². The van der Waals surface area contributed by atoms with E-state index in [1.165, 1.54) is 29.6 Å². The Labute approximate surface area is 213 Å². The highest BCUT2D eigenvalue weighted by Gasteiger charge is 2.68. The fourth-order valence-electron chi connectivity index (χ4n) is 8.99. The van der Waals surface area contributed by atoms with Crippen LogP contribution in [0.5, 0.6) is 0 Å². The van der Waals surface area contributed by atoms with Crippen LogP contribution in [-0.2, 0) is 9.53 Å². The van der Waals surface area contributed by atoms with Crippen LogP contribution < -0.4 is 0 Å². The molecule has 2 unspecified atom stereocenters. The molecule has 4 aliphatic rings. The summed E-state index contributed by atoms with van der Waals surface area (Å²) in [6, 6.07) is 0. The predicted molar refractivity (Wildman–Crippen MR) is 144 cm³/mol. The number of fused-ring (bicyclic) bond motifs is 4. The van der Waals surface area contributed by atoms with E-state index in [4.69, 9.17) is 4.74 Å². The van der Waals surface area contributed by atoms with E-state index in [2.05, 4.69) is 78.8 Å². The zero-order chi connectivity index (χ0) is 25.8.